The molecule has 0 N–H and O–H groups in total. The summed E-state index contributed by atoms with van der Waals surface area (Å²) in [6.07, 6.45) is 3.66. The summed E-state index contributed by atoms with van der Waals surface area (Å²) >= 11 is 4.74. The smallest absolute Gasteiger partial charge is 0 e. The molecule has 1 aliphatic rings. The summed E-state index contributed by atoms with van der Waals surface area (Å²) in [5.74, 6) is 0.756. The molecule has 0 heterocycles. The third-order valence-corrected chi connectivity index (χ3v) is 8.84. The first-order valence-electron chi connectivity index (χ1n) is 5.34. The van der Waals surface area contributed by atoms with E-state index in [9.17, 15) is 0 Å². The third kappa shape index (κ3) is 52.2. The maximum absolute atomic E-state index is 3.19. The van der Waals surface area contributed by atoms with E-state index in [-0.39, 0.29) is 253 Å². The van der Waals surface area contributed by atoms with Crippen LogP contribution in [0.3, 0.4) is 0 Å². The predicted molar refractivity (Wildman–Crippen MR) is 62.0 cm³/mol. The third-order valence-electron chi connectivity index (χ3n) is 2.00. The van der Waals surface area contributed by atoms with E-state index < -0.39 is 0 Å². The Balaban J connectivity index is -0.0000000107. The molecule has 0 bridgehead atoms. The van der Waals surface area contributed by atoms with E-state index >= 15 is 0 Å². The van der Waals surface area contributed by atoms with Crippen molar-refractivity contribution in [2.45, 2.75) is 41.0 Å². The van der Waals surface area contributed by atoms with E-state index in [1.165, 1.54) is 25.8 Å². The average Bonchev–Trinajstić information content (AvgIpc) is 2.47. The van der Waals surface area contributed by atoms with Gasteiger partial charge in [0, 0.05) is 253 Å². The summed E-state index contributed by atoms with van der Waals surface area (Å²) in [6.45, 7) is 11.0. The van der Waals surface area contributed by atoms with E-state index in [2.05, 4.69) is 45.1 Å². The van der Waals surface area contributed by atoms with E-state index in [0.29, 0.717) is 5.41 Å². The topological polar surface area (TPSA) is 0 Å². The van der Waals surface area contributed by atoms with Crippen LogP contribution < -0.4 is 0 Å². The van der Waals surface area contributed by atoms with Crippen LogP contribution >= 0.6 is 0 Å². The van der Waals surface area contributed by atoms with Crippen molar-refractivity contribution in [1.29, 1.82) is 0 Å². The van der Waals surface area contributed by atoms with Gasteiger partial charge in [-0.25, -0.2) is 0 Å². The van der Waals surface area contributed by atoms with Crippen molar-refractivity contribution in [3.63, 3.8) is 0 Å². The van der Waals surface area contributed by atoms with Crippen molar-refractivity contribution in [2.75, 3.05) is 0 Å². The normalized spacial score (nSPS) is 9.00. The molecule has 0 saturated heterocycles. The Morgan fingerprint density at radius 3 is 1.07 bits per heavy atom. The monoisotopic (exact) mass is 2930 g/mol. The fourth-order valence-electron chi connectivity index (χ4n) is 0.943. The molecule has 162 valence electrons. The quantitative estimate of drug-likeness (QED) is 0.355. The SMILES string of the molecule is CC(C)(C)[C-]=[W].CC(C)C1=C[C](=[W])[C](=[W])C1.[W].[W].[W].[W].[W].[W].[W].[W].[W].[W].[W].[W]. The first-order valence-corrected chi connectivity index (χ1v) is 9.74. The van der Waals surface area contributed by atoms with Crippen molar-refractivity contribution in [3.05, 3.63) is 11.6 Å². The fraction of sp³-hybridized carbons (Fsp3) is 0.615. The Kier molecular flexibility index (Phi) is 147. The number of allylic oxidation sites excluding steroid dienone is 2. The first-order chi connectivity index (χ1) is 7.17. The van der Waals surface area contributed by atoms with Crippen LogP contribution in [0.2, 0.25) is 0 Å². The molecule has 0 saturated carbocycles. The van der Waals surface area contributed by atoms with Gasteiger partial charge < -0.3 is 0 Å². The second kappa shape index (κ2) is 49.6. The maximum Gasteiger partial charge on any atom is 0 e. The molecular formula is C13H19W15-. The van der Waals surface area contributed by atoms with Crippen molar-refractivity contribution in [2.24, 2.45) is 11.3 Å². The minimum Gasteiger partial charge on any atom is 0 e. The summed E-state index contributed by atoms with van der Waals surface area (Å²) in [5, 5.41) is 0. The molecule has 0 aromatic heterocycles. The molecule has 0 fully saturated rings. The summed E-state index contributed by atoms with van der Waals surface area (Å²) in [5.41, 5.74) is 1.96. The Hall–Kier alpha value is 9.67. The van der Waals surface area contributed by atoms with Gasteiger partial charge in [0.15, 0.2) is 0 Å². The van der Waals surface area contributed by atoms with Crippen LogP contribution in [0.1, 0.15) is 41.0 Å². The fourth-order valence-corrected chi connectivity index (χ4v) is 2.56. The molecule has 0 amide bonds. The van der Waals surface area contributed by atoms with Gasteiger partial charge in [-0.1, -0.05) is 0 Å². The molecule has 0 aromatic carbocycles. The first kappa shape index (κ1) is 83.2. The van der Waals surface area contributed by atoms with E-state index in [1.54, 1.807) is 52.1 Å². The second-order valence-electron chi connectivity index (χ2n) is 5.19. The molecule has 0 radical (unpaired) electrons. The summed E-state index contributed by atoms with van der Waals surface area (Å²) < 4.78 is 6.45. The van der Waals surface area contributed by atoms with E-state index in [0.717, 1.165) is 5.92 Å². The van der Waals surface area contributed by atoms with Crippen molar-refractivity contribution in [1.82, 2.24) is 0 Å². The number of rotatable bonds is 1. The zero-order valence-electron chi connectivity index (χ0n) is 15.5. The van der Waals surface area contributed by atoms with Crippen molar-refractivity contribution < 1.29 is 311 Å². The molecule has 0 atom stereocenters. The Bertz CT molecular complexity index is 333. The van der Waals surface area contributed by atoms with Gasteiger partial charge in [0.05, 0.1) is 0 Å². The molecule has 15 heteroatoms. The Morgan fingerprint density at radius 1 is 0.750 bits per heavy atom. The predicted octanol–water partition coefficient (Wildman–Crippen LogP) is 2.64. The van der Waals surface area contributed by atoms with Crippen LogP contribution in [0.4, 0.5) is 0 Å². The standard InChI is InChI=1S/C8H10.C5H9.15W/c1-7(2)8-5-3-4-6-8;1-5(2,3)4;;;;;;;;;;;;;;;/h5,7H,6H2,1-2H3;1-3H3;;;;;;;;;;;;;;;/q;-1;;;;;;;;;;;;;;;. The number of hydrogen-bond acceptors (Lipinski definition) is 0. The minimum atomic E-state index is 0. The van der Waals surface area contributed by atoms with Gasteiger partial charge in [-0.3, -0.25) is 0 Å². The zero-order valence-corrected chi connectivity index (χ0v) is 59.5. The second-order valence-corrected chi connectivity index (χ2v) is 9.27. The zero-order chi connectivity index (χ0) is 12.9. The van der Waals surface area contributed by atoms with Crippen LogP contribution in [-0.4, -0.2) is 12.2 Å². The van der Waals surface area contributed by atoms with Crippen LogP contribution in [0.25, 0.3) is 0 Å². The van der Waals surface area contributed by atoms with E-state index in [1.807, 2.05) is 0 Å². The van der Waals surface area contributed by atoms with Crippen molar-refractivity contribution >= 4 is 12.2 Å². The average molecular weight is 2930 g/mol. The molecule has 1 rings (SSSR count). The summed E-state index contributed by atoms with van der Waals surface area (Å²) in [4.78, 5) is 0. The Morgan fingerprint density at radius 2 is 1.00 bits per heavy atom. The maximum atomic E-state index is 3.19. The minimum absolute atomic E-state index is 0. The van der Waals surface area contributed by atoms with Gasteiger partial charge in [-0.15, -0.1) is 0 Å². The molecule has 0 nitrogen and oxygen atoms in total. The molecule has 28 heavy (non-hydrogen) atoms. The molecule has 0 unspecified atom stereocenters. The molecular weight excluding hydrogens is 2910 g/mol. The van der Waals surface area contributed by atoms with Gasteiger partial charge in [-0.2, -0.15) is 0 Å². The van der Waals surface area contributed by atoms with Gasteiger partial charge in [-0.05, 0) is 0 Å². The summed E-state index contributed by atoms with van der Waals surface area (Å²) in [7, 11) is 0. The van der Waals surface area contributed by atoms with Crippen LogP contribution in [-0.2, 0) is 311 Å². The van der Waals surface area contributed by atoms with Crippen LogP contribution in [0, 0.1) is 11.3 Å². The summed E-state index contributed by atoms with van der Waals surface area (Å²) in [6, 6.07) is 0. The van der Waals surface area contributed by atoms with Crippen LogP contribution in [0.5, 0.6) is 0 Å². The van der Waals surface area contributed by atoms with Gasteiger partial charge in [0.2, 0.25) is 0 Å². The van der Waals surface area contributed by atoms with Crippen LogP contribution in [0.15, 0.2) is 11.6 Å². The molecule has 1 aliphatic carbocycles. The van der Waals surface area contributed by atoms with Gasteiger partial charge >= 0.3 is 134 Å². The molecule has 0 aromatic rings. The van der Waals surface area contributed by atoms with Gasteiger partial charge in [0.25, 0.3) is 0 Å². The van der Waals surface area contributed by atoms with Gasteiger partial charge in [0.1, 0.15) is 0 Å². The Labute approximate surface area is 378 Å². The molecule has 0 aliphatic heterocycles. The number of hydrogen-bond donors (Lipinski definition) is 0. The van der Waals surface area contributed by atoms with Crippen molar-refractivity contribution in [3.8, 4) is 0 Å². The largest absolute Gasteiger partial charge is 0 e. The van der Waals surface area contributed by atoms with E-state index in [4.69, 9.17) is 0 Å². The molecule has 0 spiro atoms.